The van der Waals surface area contributed by atoms with Crippen molar-refractivity contribution in [1.82, 2.24) is 5.32 Å². The van der Waals surface area contributed by atoms with E-state index in [0.717, 1.165) is 18.4 Å². The Morgan fingerprint density at radius 3 is 2.65 bits per heavy atom. The van der Waals surface area contributed by atoms with Gasteiger partial charge in [-0.25, -0.2) is 0 Å². The fraction of sp³-hybridized carbons (Fsp3) is 0.467. The van der Waals surface area contributed by atoms with Crippen molar-refractivity contribution in [2.45, 2.75) is 45.1 Å². The van der Waals surface area contributed by atoms with Gasteiger partial charge in [0.25, 0.3) is 0 Å². The van der Waals surface area contributed by atoms with Crippen LogP contribution < -0.4 is 5.32 Å². The first kappa shape index (κ1) is 16.5. The molecule has 0 aliphatic carbocycles. The van der Waals surface area contributed by atoms with E-state index in [0.29, 0.717) is 11.4 Å². The molecule has 1 aromatic rings. The number of carbonyl (C=O) groups excluding carboxylic acids is 1. The third kappa shape index (κ3) is 6.06. The number of amides is 1. The summed E-state index contributed by atoms with van der Waals surface area (Å²) in [5.41, 5.74) is 0.747. The highest BCUT2D eigenvalue weighted by atomic mass is 35.5. The summed E-state index contributed by atoms with van der Waals surface area (Å²) in [6.07, 6.45) is 2.66. The Morgan fingerprint density at radius 2 is 2.05 bits per heavy atom. The van der Waals surface area contributed by atoms with Crippen molar-refractivity contribution in [3.63, 3.8) is 0 Å². The van der Waals surface area contributed by atoms with Crippen LogP contribution in [0, 0.1) is 0 Å². The van der Waals surface area contributed by atoms with Gasteiger partial charge in [0.15, 0.2) is 0 Å². The molecule has 0 bridgehead atoms. The second kappa shape index (κ2) is 8.59. The number of rotatable bonds is 8. The highest BCUT2D eigenvalue weighted by Crippen LogP contribution is 2.15. The van der Waals surface area contributed by atoms with E-state index in [9.17, 15) is 9.59 Å². The number of hydrogen-bond acceptors (Lipinski definition) is 2. The summed E-state index contributed by atoms with van der Waals surface area (Å²) in [5, 5.41) is 12.2. The molecule has 0 aliphatic heterocycles. The van der Waals surface area contributed by atoms with E-state index in [2.05, 4.69) is 5.32 Å². The van der Waals surface area contributed by atoms with Crippen molar-refractivity contribution in [2.24, 2.45) is 0 Å². The van der Waals surface area contributed by atoms with Crippen LogP contribution in [0.2, 0.25) is 5.02 Å². The van der Waals surface area contributed by atoms with Gasteiger partial charge in [0.2, 0.25) is 5.91 Å². The molecule has 1 aromatic carbocycles. The molecule has 0 saturated heterocycles. The molecule has 2 N–H and O–H groups in total. The van der Waals surface area contributed by atoms with Crippen molar-refractivity contribution >= 4 is 23.5 Å². The summed E-state index contributed by atoms with van der Waals surface area (Å²) in [6.45, 7) is 2.03. The maximum absolute atomic E-state index is 12.0. The van der Waals surface area contributed by atoms with Crippen LogP contribution in [-0.4, -0.2) is 23.0 Å². The Hall–Kier alpha value is -1.55. The maximum Gasteiger partial charge on any atom is 0.305 e. The van der Waals surface area contributed by atoms with E-state index >= 15 is 0 Å². The van der Waals surface area contributed by atoms with Crippen LogP contribution >= 0.6 is 11.6 Å². The van der Waals surface area contributed by atoms with Crippen LogP contribution in [0.4, 0.5) is 0 Å². The zero-order valence-electron chi connectivity index (χ0n) is 11.6. The van der Waals surface area contributed by atoms with Crippen molar-refractivity contribution in [3.8, 4) is 0 Å². The van der Waals surface area contributed by atoms with Gasteiger partial charge in [-0.3, -0.25) is 9.59 Å². The van der Waals surface area contributed by atoms with Gasteiger partial charge in [0.1, 0.15) is 0 Å². The molecule has 0 spiro atoms. The van der Waals surface area contributed by atoms with Crippen LogP contribution in [0.1, 0.15) is 38.2 Å². The zero-order chi connectivity index (χ0) is 15.0. The molecule has 0 unspecified atom stereocenters. The van der Waals surface area contributed by atoms with E-state index in [4.69, 9.17) is 16.7 Å². The quantitative estimate of drug-likeness (QED) is 0.775. The number of aliphatic carboxylic acids is 1. The summed E-state index contributed by atoms with van der Waals surface area (Å²) in [4.78, 5) is 22.8. The number of carboxylic acids is 1. The largest absolute Gasteiger partial charge is 0.481 e. The molecular formula is C15H20ClNO3. The first-order valence-corrected chi connectivity index (χ1v) is 7.15. The van der Waals surface area contributed by atoms with Gasteiger partial charge >= 0.3 is 5.97 Å². The van der Waals surface area contributed by atoms with Crippen LogP contribution in [0.5, 0.6) is 0 Å². The average molecular weight is 298 g/mol. The van der Waals surface area contributed by atoms with E-state index in [1.807, 2.05) is 13.0 Å². The van der Waals surface area contributed by atoms with Gasteiger partial charge in [-0.15, -0.1) is 0 Å². The minimum absolute atomic E-state index is 0.0474. The van der Waals surface area contributed by atoms with Crippen molar-refractivity contribution in [1.29, 1.82) is 0 Å². The molecular weight excluding hydrogens is 278 g/mol. The fourth-order valence-corrected chi connectivity index (χ4v) is 2.18. The zero-order valence-corrected chi connectivity index (χ0v) is 12.3. The minimum atomic E-state index is -0.899. The molecule has 0 heterocycles. The Bertz CT molecular complexity index is 462. The number of hydrogen-bond donors (Lipinski definition) is 2. The summed E-state index contributed by atoms with van der Waals surface area (Å²) >= 11 is 6.00. The van der Waals surface area contributed by atoms with Gasteiger partial charge in [0, 0.05) is 11.1 Å². The lowest BCUT2D eigenvalue weighted by Gasteiger charge is -2.16. The molecule has 110 valence electrons. The average Bonchev–Trinajstić information content (AvgIpc) is 2.38. The lowest BCUT2D eigenvalue weighted by atomic mass is 10.1. The molecule has 1 rings (SSSR count). The highest BCUT2D eigenvalue weighted by molar-refractivity contribution is 6.31. The molecule has 0 radical (unpaired) electrons. The summed E-state index contributed by atoms with van der Waals surface area (Å²) in [7, 11) is 0. The number of benzene rings is 1. The molecule has 1 amide bonds. The topological polar surface area (TPSA) is 66.4 Å². The number of halogens is 1. The maximum atomic E-state index is 12.0. The number of nitrogens with one attached hydrogen (secondary N) is 1. The van der Waals surface area contributed by atoms with E-state index in [1.165, 1.54) is 0 Å². The van der Waals surface area contributed by atoms with Gasteiger partial charge in [-0.05, 0) is 18.1 Å². The fourth-order valence-electron chi connectivity index (χ4n) is 1.98. The van der Waals surface area contributed by atoms with Gasteiger partial charge in [0.05, 0.1) is 12.8 Å². The first-order valence-electron chi connectivity index (χ1n) is 6.77. The van der Waals surface area contributed by atoms with E-state index in [1.54, 1.807) is 18.2 Å². The van der Waals surface area contributed by atoms with Gasteiger partial charge < -0.3 is 10.4 Å². The molecule has 1 atom stereocenters. The van der Waals surface area contributed by atoms with Crippen LogP contribution in [0.25, 0.3) is 0 Å². The van der Waals surface area contributed by atoms with Crippen LogP contribution in [-0.2, 0) is 16.0 Å². The molecule has 5 heteroatoms. The van der Waals surface area contributed by atoms with Gasteiger partial charge in [-0.1, -0.05) is 49.6 Å². The second-order valence-electron chi connectivity index (χ2n) is 4.77. The lowest BCUT2D eigenvalue weighted by molar-refractivity contribution is -0.137. The van der Waals surface area contributed by atoms with Crippen molar-refractivity contribution < 1.29 is 14.7 Å². The standard InChI is InChI=1S/C15H20ClNO3/c1-2-3-7-12(10-15(19)20)17-14(18)9-11-6-4-5-8-13(11)16/h4-6,8,12H,2-3,7,9-10H2,1H3,(H,17,18)(H,19,20)/t12-/m1/s1. The molecule has 0 fully saturated rings. The number of carboxylic acid groups (broad SMARTS) is 1. The Balaban J connectivity index is 2.56. The Kier molecular flexibility index (Phi) is 7.09. The molecule has 0 saturated carbocycles. The minimum Gasteiger partial charge on any atom is -0.481 e. The third-order valence-electron chi connectivity index (χ3n) is 3.00. The summed E-state index contributed by atoms with van der Waals surface area (Å²) < 4.78 is 0. The SMILES string of the molecule is CCCC[C@H](CC(=O)O)NC(=O)Cc1ccccc1Cl. The smallest absolute Gasteiger partial charge is 0.305 e. The predicted molar refractivity (Wildman–Crippen MR) is 78.9 cm³/mol. The first-order chi connectivity index (χ1) is 9.52. The monoisotopic (exact) mass is 297 g/mol. The summed E-state index contributed by atoms with van der Waals surface area (Å²) in [6, 6.07) is 6.83. The normalized spacial score (nSPS) is 11.9. The third-order valence-corrected chi connectivity index (χ3v) is 3.37. The summed E-state index contributed by atoms with van der Waals surface area (Å²) in [5.74, 6) is -1.09. The van der Waals surface area contributed by atoms with Crippen molar-refractivity contribution in [2.75, 3.05) is 0 Å². The Morgan fingerprint density at radius 1 is 1.35 bits per heavy atom. The van der Waals surface area contributed by atoms with Gasteiger partial charge in [-0.2, -0.15) is 0 Å². The number of carbonyl (C=O) groups is 2. The number of unbranched alkanes of at least 4 members (excludes halogenated alkanes) is 1. The Labute approximate surface area is 124 Å². The van der Waals surface area contributed by atoms with Crippen LogP contribution in [0.3, 0.4) is 0 Å². The highest BCUT2D eigenvalue weighted by Gasteiger charge is 2.16. The van der Waals surface area contributed by atoms with E-state index in [-0.39, 0.29) is 24.8 Å². The predicted octanol–water partition coefficient (Wildman–Crippen LogP) is 3.03. The molecule has 20 heavy (non-hydrogen) atoms. The van der Waals surface area contributed by atoms with Crippen molar-refractivity contribution in [3.05, 3.63) is 34.9 Å². The van der Waals surface area contributed by atoms with Crippen LogP contribution in [0.15, 0.2) is 24.3 Å². The molecule has 0 aromatic heterocycles. The molecule has 0 aliphatic rings. The lowest BCUT2D eigenvalue weighted by Crippen LogP contribution is -2.37. The van der Waals surface area contributed by atoms with E-state index < -0.39 is 5.97 Å². The second-order valence-corrected chi connectivity index (χ2v) is 5.18. The molecule has 4 nitrogen and oxygen atoms in total.